The van der Waals surface area contributed by atoms with Gasteiger partial charge in [0.2, 0.25) is 5.91 Å². The first kappa shape index (κ1) is 13.5. The summed E-state index contributed by atoms with van der Waals surface area (Å²) in [5.41, 5.74) is 0. The smallest absolute Gasteiger partial charge is 0.222 e. The first-order chi connectivity index (χ1) is 7.77. The minimum atomic E-state index is 0.253. The minimum Gasteiger partial charge on any atom is -0.396 e. The van der Waals surface area contributed by atoms with E-state index in [0.717, 1.165) is 32.4 Å². The average Bonchev–Trinajstić information content (AvgIpc) is 2.73. The number of carbonyl (C=O) groups excluding carboxylic acids is 1. The molecule has 1 aliphatic rings. The number of aliphatic hydroxyl groups excluding tert-OH is 1. The molecule has 1 N–H and O–H groups in total. The lowest BCUT2D eigenvalue weighted by Crippen LogP contribution is -2.28. The fourth-order valence-electron chi connectivity index (χ4n) is 2.34. The molecule has 94 valence electrons. The van der Waals surface area contributed by atoms with Crippen molar-refractivity contribution in [1.82, 2.24) is 4.90 Å². The lowest BCUT2D eigenvalue weighted by Gasteiger charge is -2.16. The van der Waals surface area contributed by atoms with Gasteiger partial charge in [-0.3, -0.25) is 4.79 Å². The fourth-order valence-corrected chi connectivity index (χ4v) is 2.34. The SMILES string of the molecule is CCCCCCC(=O)N1CCC(CCO)C1. The van der Waals surface area contributed by atoms with E-state index in [1.54, 1.807) is 0 Å². The van der Waals surface area contributed by atoms with Crippen molar-refractivity contribution in [3.63, 3.8) is 0 Å². The Morgan fingerprint density at radius 2 is 2.19 bits per heavy atom. The molecule has 0 saturated carbocycles. The number of aliphatic hydroxyl groups is 1. The van der Waals surface area contributed by atoms with Gasteiger partial charge in [0.25, 0.3) is 0 Å². The van der Waals surface area contributed by atoms with Crippen molar-refractivity contribution in [2.75, 3.05) is 19.7 Å². The van der Waals surface area contributed by atoms with Crippen LogP contribution >= 0.6 is 0 Å². The average molecular weight is 227 g/mol. The van der Waals surface area contributed by atoms with Crippen LogP contribution in [-0.4, -0.2) is 35.6 Å². The molecule has 0 bridgehead atoms. The molecule has 1 atom stereocenters. The van der Waals surface area contributed by atoms with Gasteiger partial charge in [0.15, 0.2) is 0 Å². The van der Waals surface area contributed by atoms with Crippen molar-refractivity contribution in [2.45, 2.75) is 51.9 Å². The Bertz CT molecular complexity index is 206. The van der Waals surface area contributed by atoms with Gasteiger partial charge >= 0.3 is 0 Å². The second-order valence-electron chi connectivity index (χ2n) is 4.82. The standard InChI is InChI=1S/C13H25NO2/c1-2-3-4-5-6-13(16)14-9-7-12(11-14)8-10-15/h12,15H,2-11H2,1H3. The van der Waals surface area contributed by atoms with Crippen molar-refractivity contribution >= 4 is 5.91 Å². The highest BCUT2D eigenvalue weighted by Crippen LogP contribution is 2.20. The fraction of sp³-hybridized carbons (Fsp3) is 0.923. The second kappa shape index (κ2) is 7.66. The number of amides is 1. The number of hydrogen-bond donors (Lipinski definition) is 1. The predicted molar refractivity (Wildman–Crippen MR) is 65.1 cm³/mol. The third kappa shape index (κ3) is 4.52. The Labute approximate surface area is 98.8 Å². The van der Waals surface area contributed by atoms with Crippen LogP contribution in [0.25, 0.3) is 0 Å². The van der Waals surface area contributed by atoms with E-state index in [2.05, 4.69) is 6.92 Å². The van der Waals surface area contributed by atoms with E-state index in [9.17, 15) is 4.79 Å². The van der Waals surface area contributed by atoms with E-state index in [0.29, 0.717) is 18.2 Å². The highest BCUT2D eigenvalue weighted by Gasteiger charge is 2.24. The molecule has 1 aliphatic heterocycles. The first-order valence-electron chi connectivity index (χ1n) is 6.66. The summed E-state index contributed by atoms with van der Waals surface area (Å²) >= 11 is 0. The molecule has 0 radical (unpaired) electrons. The van der Waals surface area contributed by atoms with Crippen LogP contribution < -0.4 is 0 Å². The molecule has 1 amide bonds. The highest BCUT2D eigenvalue weighted by molar-refractivity contribution is 5.76. The lowest BCUT2D eigenvalue weighted by molar-refractivity contribution is -0.130. The lowest BCUT2D eigenvalue weighted by atomic mass is 10.1. The molecular formula is C13H25NO2. The Kier molecular flexibility index (Phi) is 6.46. The molecule has 3 nitrogen and oxygen atoms in total. The Balaban J connectivity index is 2.13. The molecule has 1 saturated heterocycles. The largest absolute Gasteiger partial charge is 0.396 e. The summed E-state index contributed by atoms with van der Waals surface area (Å²) < 4.78 is 0. The molecule has 0 aromatic carbocycles. The number of likely N-dealkylation sites (tertiary alicyclic amines) is 1. The van der Waals surface area contributed by atoms with Gasteiger partial charge in [-0.25, -0.2) is 0 Å². The van der Waals surface area contributed by atoms with Crippen LogP contribution in [0.5, 0.6) is 0 Å². The topological polar surface area (TPSA) is 40.5 Å². The maximum absolute atomic E-state index is 11.8. The van der Waals surface area contributed by atoms with Crippen molar-refractivity contribution < 1.29 is 9.90 Å². The van der Waals surface area contributed by atoms with Gasteiger partial charge in [0, 0.05) is 26.1 Å². The minimum absolute atomic E-state index is 0.253. The van der Waals surface area contributed by atoms with Gasteiger partial charge in [0.05, 0.1) is 0 Å². The highest BCUT2D eigenvalue weighted by atomic mass is 16.3. The van der Waals surface area contributed by atoms with Crippen LogP contribution in [0.2, 0.25) is 0 Å². The zero-order valence-electron chi connectivity index (χ0n) is 10.5. The number of rotatable bonds is 7. The van der Waals surface area contributed by atoms with Crippen molar-refractivity contribution in [3.05, 3.63) is 0 Å². The molecule has 3 heteroatoms. The quantitative estimate of drug-likeness (QED) is 0.677. The number of nitrogens with zero attached hydrogens (tertiary/aromatic N) is 1. The summed E-state index contributed by atoms with van der Waals surface area (Å²) in [5.74, 6) is 0.848. The molecule has 0 aliphatic carbocycles. The molecule has 16 heavy (non-hydrogen) atoms. The second-order valence-corrected chi connectivity index (χ2v) is 4.82. The van der Waals surface area contributed by atoms with E-state index in [1.165, 1.54) is 19.3 Å². The van der Waals surface area contributed by atoms with Gasteiger partial charge in [-0.15, -0.1) is 0 Å². The zero-order chi connectivity index (χ0) is 11.8. The summed E-state index contributed by atoms with van der Waals surface area (Å²) in [6.45, 7) is 4.20. The van der Waals surface area contributed by atoms with Gasteiger partial charge in [-0.1, -0.05) is 26.2 Å². The first-order valence-corrected chi connectivity index (χ1v) is 6.66. The Hall–Kier alpha value is -0.570. The number of hydrogen-bond acceptors (Lipinski definition) is 2. The van der Waals surface area contributed by atoms with E-state index in [1.807, 2.05) is 4.90 Å². The molecule has 1 unspecified atom stereocenters. The summed E-state index contributed by atoms with van der Waals surface area (Å²) in [6.07, 6.45) is 7.30. The molecule has 1 heterocycles. The summed E-state index contributed by atoms with van der Waals surface area (Å²) in [6, 6.07) is 0. The van der Waals surface area contributed by atoms with Gasteiger partial charge in [-0.05, 0) is 25.2 Å². The van der Waals surface area contributed by atoms with Gasteiger partial charge in [-0.2, -0.15) is 0 Å². The summed E-state index contributed by atoms with van der Waals surface area (Å²) in [4.78, 5) is 13.8. The number of carbonyl (C=O) groups is 1. The van der Waals surface area contributed by atoms with Gasteiger partial charge < -0.3 is 10.0 Å². The molecule has 0 aromatic heterocycles. The van der Waals surface area contributed by atoms with Crippen LogP contribution in [0.3, 0.4) is 0 Å². The predicted octanol–water partition coefficient (Wildman–Crippen LogP) is 2.19. The third-order valence-electron chi connectivity index (χ3n) is 3.42. The van der Waals surface area contributed by atoms with Crippen molar-refractivity contribution in [2.24, 2.45) is 5.92 Å². The van der Waals surface area contributed by atoms with Gasteiger partial charge in [0.1, 0.15) is 0 Å². The Morgan fingerprint density at radius 3 is 2.88 bits per heavy atom. The monoisotopic (exact) mass is 227 g/mol. The van der Waals surface area contributed by atoms with Crippen LogP contribution in [0, 0.1) is 5.92 Å². The number of unbranched alkanes of at least 4 members (excludes halogenated alkanes) is 3. The third-order valence-corrected chi connectivity index (χ3v) is 3.42. The molecule has 1 fully saturated rings. The van der Waals surface area contributed by atoms with Crippen LogP contribution in [-0.2, 0) is 4.79 Å². The van der Waals surface area contributed by atoms with Crippen molar-refractivity contribution in [1.29, 1.82) is 0 Å². The zero-order valence-corrected chi connectivity index (χ0v) is 10.5. The Morgan fingerprint density at radius 1 is 1.38 bits per heavy atom. The van der Waals surface area contributed by atoms with E-state index < -0.39 is 0 Å². The molecule has 1 rings (SSSR count). The maximum Gasteiger partial charge on any atom is 0.222 e. The van der Waals surface area contributed by atoms with Crippen LogP contribution in [0.15, 0.2) is 0 Å². The van der Waals surface area contributed by atoms with E-state index in [4.69, 9.17) is 5.11 Å². The summed E-state index contributed by atoms with van der Waals surface area (Å²) in [7, 11) is 0. The maximum atomic E-state index is 11.8. The van der Waals surface area contributed by atoms with E-state index in [-0.39, 0.29) is 6.61 Å². The van der Waals surface area contributed by atoms with Crippen LogP contribution in [0.1, 0.15) is 51.9 Å². The summed E-state index contributed by atoms with van der Waals surface area (Å²) in [5, 5.41) is 8.85. The molecule has 0 aromatic rings. The normalized spacial score (nSPS) is 20.4. The van der Waals surface area contributed by atoms with E-state index >= 15 is 0 Å². The van der Waals surface area contributed by atoms with Crippen LogP contribution in [0.4, 0.5) is 0 Å². The van der Waals surface area contributed by atoms with Crippen molar-refractivity contribution in [3.8, 4) is 0 Å². The molecular weight excluding hydrogens is 202 g/mol. The molecule has 0 spiro atoms.